The maximum absolute atomic E-state index is 12.5. The first kappa shape index (κ1) is 18.5. The summed E-state index contributed by atoms with van der Waals surface area (Å²) in [6.45, 7) is 3.20. The minimum Gasteiger partial charge on any atom is -0.439 e. The van der Waals surface area contributed by atoms with Crippen molar-refractivity contribution in [2.24, 2.45) is 5.73 Å². The number of primary amides is 1. The van der Waals surface area contributed by atoms with Crippen LogP contribution >= 0.6 is 11.6 Å². The summed E-state index contributed by atoms with van der Waals surface area (Å²) in [5, 5.41) is 9.44. The molecule has 9 heteroatoms. The van der Waals surface area contributed by atoms with Crippen molar-refractivity contribution in [3.8, 4) is 0 Å². The molecule has 8 nitrogen and oxygen atoms in total. The number of halogens is 1. The number of ether oxygens (including phenoxy) is 1. The molecule has 0 fully saturated rings. The lowest BCUT2D eigenvalue weighted by atomic mass is 9.99. The number of Topliss-reactive ketones (excluding diaryl/α,β-unsaturated/α-hetero) is 1. The minimum absolute atomic E-state index is 0.142. The molecule has 2 rings (SSSR count). The zero-order valence-electron chi connectivity index (χ0n) is 13.6. The molecule has 2 aromatic rings. The predicted octanol–water partition coefficient (Wildman–Crippen LogP) is 2.22. The Hall–Kier alpha value is -2.87. The number of aromatic nitrogens is 2. The van der Waals surface area contributed by atoms with Gasteiger partial charge in [-0.3, -0.25) is 14.7 Å². The molecule has 1 heterocycles. The lowest BCUT2D eigenvalue weighted by Crippen LogP contribution is -2.29. The Morgan fingerprint density at radius 2 is 2.12 bits per heavy atom. The fourth-order valence-corrected chi connectivity index (χ4v) is 2.48. The molecule has 1 aromatic carbocycles. The maximum Gasteiger partial charge on any atom is 0.405 e. The Bertz CT molecular complexity index is 818. The summed E-state index contributed by atoms with van der Waals surface area (Å²) in [4.78, 5) is 35.5. The molecule has 0 aliphatic carbocycles. The summed E-state index contributed by atoms with van der Waals surface area (Å²) >= 11 is 6.14. The summed E-state index contributed by atoms with van der Waals surface area (Å²) in [6.07, 6.45) is -2.21. The zero-order valence-corrected chi connectivity index (χ0v) is 14.4. The molecule has 0 bridgehead atoms. The van der Waals surface area contributed by atoms with Gasteiger partial charge in [-0.05, 0) is 25.5 Å². The molecule has 2 amide bonds. The number of amides is 2. The molecule has 0 saturated heterocycles. The lowest BCUT2D eigenvalue weighted by Gasteiger charge is -2.13. The van der Waals surface area contributed by atoms with E-state index in [0.717, 1.165) is 5.69 Å². The van der Waals surface area contributed by atoms with Crippen molar-refractivity contribution in [3.63, 3.8) is 0 Å². The molecule has 1 atom stereocenters. The molecule has 4 N–H and O–H groups in total. The average Bonchev–Trinajstić information content (AvgIpc) is 2.91. The van der Waals surface area contributed by atoms with Gasteiger partial charge >= 0.3 is 6.09 Å². The maximum atomic E-state index is 12.5. The normalized spacial score (nSPS) is 11.6. The smallest absolute Gasteiger partial charge is 0.405 e. The number of benzene rings is 1. The second-order valence-electron chi connectivity index (χ2n) is 5.39. The van der Waals surface area contributed by atoms with Gasteiger partial charge in [-0.1, -0.05) is 23.7 Å². The van der Waals surface area contributed by atoms with Crippen LogP contribution in [0.4, 0.5) is 10.6 Å². The molecular weight excluding hydrogens is 348 g/mol. The van der Waals surface area contributed by atoms with Crippen LogP contribution in [0.5, 0.6) is 0 Å². The van der Waals surface area contributed by atoms with Crippen LogP contribution in [0.1, 0.15) is 28.5 Å². The molecule has 0 aliphatic heterocycles. The van der Waals surface area contributed by atoms with E-state index >= 15 is 0 Å². The van der Waals surface area contributed by atoms with Gasteiger partial charge in [0.1, 0.15) is 0 Å². The number of nitrogens with one attached hydrogen (secondary N) is 2. The zero-order chi connectivity index (χ0) is 18.6. The van der Waals surface area contributed by atoms with Crippen LogP contribution in [-0.2, 0) is 16.0 Å². The monoisotopic (exact) mass is 364 g/mol. The number of anilines is 1. The predicted molar refractivity (Wildman–Crippen MR) is 91.6 cm³/mol. The number of hydrogen-bond donors (Lipinski definition) is 3. The first-order chi connectivity index (χ1) is 11.8. The molecule has 1 aromatic heterocycles. The van der Waals surface area contributed by atoms with Gasteiger partial charge in [-0.15, -0.1) is 0 Å². The highest BCUT2D eigenvalue weighted by atomic mass is 35.5. The lowest BCUT2D eigenvalue weighted by molar-refractivity contribution is -0.125. The Kier molecular flexibility index (Phi) is 5.76. The number of rotatable bonds is 6. The van der Waals surface area contributed by atoms with E-state index in [-0.39, 0.29) is 17.0 Å². The summed E-state index contributed by atoms with van der Waals surface area (Å²) in [6, 6.07) is 6.43. The van der Waals surface area contributed by atoms with E-state index in [2.05, 4.69) is 20.3 Å². The van der Waals surface area contributed by atoms with Gasteiger partial charge in [-0.2, -0.15) is 5.10 Å². The molecule has 0 saturated carbocycles. The van der Waals surface area contributed by atoms with Crippen LogP contribution in [0.25, 0.3) is 0 Å². The first-order valence-corrected chi connectivity index (χ1v) is 7.75. The highest BCUT2D eigenvalue weighted by Gasteiger charge is 2.22. The summed E-state index contributed by atoms with van der Waals surface area (Å²) in [5.41, 5.74) is 6.25. The van der Waals surface area contributed by atoms with E-state index < -0.39 is 23.9 Å². The molecule has 132 valence electrons. The van der Waals surface area contributed by atoms with E-state index in [1.54, 1.807) is 31.2 Å². The number of carbonyl (C=O) groups excluding carboxylic acids is 3. The summed E-state index contributed by atoms with van der Waals surface area (Å²) in [5.74, 6) is -0.570. The quantitative estimate of drug-likeness (QED) is 0.724. The number of carbonyl (C=O) groups is 3. The number of aromatic amines is 1. The highest BCUT2D eigenvalue weighted by Crippen LogP contribution is 2.22. The van der Waals surface area contributed by atoms with Crippen molar-refractivity contribution >= 4 is 35.2 Å². The second-order valence-corrected chi connectivity index (χ2v) is 5.79. The fourth-order valence-electron chi connectivity index (χ4n) is 2.20. The molecule has 0 spiro atoms. The van der Waals surface area contributed by atoms with Crippen LogP contribution in [0, 0.1) is 6.92 Å². The number of nitrogens with two attached hydrogens (primary N) is 1. The van der Waals surface area contributed by atoms with Gasteiger partial charge in [0.15, 0.2) is 17.7 Å². The van der Waals surface area contributed by atoms with Gasteiger partial charge < -0.3 is 15.8 Å². The largest absolute Gasteiger partial charge is 0.439 e. The van der Waals surface area contributed by atoms with Crippen molar-refractivity contribution in [2.75, 3.05) is 5.32 Å². The minimum atomic E-state index is -1.04. The molecule has 0 aliphatic rings. The SMILES string of the molecule is Cc1cc(NC(=O)c2c(Cl)cccc2CC(=O)[C@H](C)OC(N)=O)n[nH]1. The Labute approximate surface area is 148 Å². The molecule has 0 radical (unpaired) electrons. The Morgan fingerprint density at radius 1 is 1.40 bits per heavy atom. The summed E-state index contributed by atoms with van der Waals surface area (Å²) < 4.78 is 4.65. The number of H-pyrrole nitrogens is 1. The van der Waals surface area contributed by atoms with Crippen molar-refractivity contribution in [3.05, 3.63) is 46.1 Å². The standard InChI is InChI=1S/C16H17ClN4O4/c1-8-6-13(21-20-8)19-15(23)14-10(4-3-5-11(14)17)7-12(22)9(2)25-16(18)24/h3-6,9H,7H2,1-2H3,(H2,18,24)(H2,19,20,21,23)/t9-/m0/s1. The third-order valence-corrected chi connectivity index (χ3v) is 3.70. The van der Waals surface area contributed by atoms with Gasteiger partial charge in [0.2, 0.25) is 0 Å². The van der Waals surface area contributed by atoms with Crippen LogP contribution in [0.15, 0.2) is 24.3 Å². The number of hydrogen-bond acceptors (Lipinski definition) is 5. The third kappa shape index (κ3) is 4.80. The Morgan fingerprint density at radius 3 is 2.72 bits per heavy atom. The van der Waals surface area contributed by atoms with Gasteiger partial charge in [0.25, 0.3) is 5.91 Å². The van der Waals surface area contributed by atoms with Crippen molar-refractivity contribution in [2.45, 2.75) is 26.4 Å². The van der Waals surface area contributed by atoms with Crippen LogP contribution < -0.4 is 11.1 Å². The molecule has 0 unspecified atom stereocenters. The van der Waals surface area contributed by atoms with Crippen LogP contribution in [0.2, 0.25) is 5.02 Å². The second kappa shape index (κ2) is 7.80. The molecular formula is C16H17ClN4O4. The van der Waals surface area contributed by atoms with Crippen LogP contribution in [0.3, 0.4) is 0 Å². The molecule has 25 heavy (non-hydrogen) atoms. The first-order valence-electron chi connectivity index (χ1n) is 7.37. The van der Waals surface area contributed by atoms with Crippen LogP contribution in [-0.4, -0.2) is 34.1 Å². The van der Waals surface area contributed by atoms with Gasteiger partial charge in [0.05, 0.1) is 10.6 Å². The van der Waals surface area contributed by atoms with E-state index in [1.165, 1.54) is 6.92 Å². The van der Waals surface area contributed by atoms with E-state index in [9.17, 15) is 14.4 Å². The highest BCUT2D eigenvalue weighted by molar-refractivity contribution is 6.34. The third-order valence-electron chi connectivity index (χ3n) is 3.39. The van der Waals surface area contributed by atoms with Gasteiger partial charge in [-0.25, -0.2) is 4.79 Å². The van der Waals surface area contributed by atoms with Gasteiger partial charge in [0, 0.05) is 18.2 Å². The van der Waals surface area contributed by atoms with Crippen molar-refractivity contribution in [1.82, 2.24) is 10.2 Å². The van der Waals surface area contributed by atoms with E-state index in [4.69, 9.17) is 17.3 Å². The number of ketones is 1. The van der Waals surface area contributed by atoms with Crippen molar-refractivity contribution < 1.29 is 19.1 Å². The number of aryl methyl sites for hydroxylation is 1. The number of nitrogens with zero attached hydrogens (tertiary/aromatic N) is 1. The Balaban J connectivity index is 2.22. The van der Waals surface area contributed by atoms with E-state index in [0.29, 0.717) is 11.4 Å². The van der Waals surface area contributed by atoms with E-state index in [1.807, 2.05) is 0 Å². The summed E-state index contributed by atoms with van der Waals surface area (Å²) in [7, 11) is 0. The topological polar surface area (TPSA) is 127 Å². The fraction of sp³-hybridized carbons (Fsp3) is 0.250. The van der Waals surface area contributed by atoms with Crippen molar-refractivity contribution in [1.29, 1.82) is 0 Å². The average molecular weight is 365 g/mol.